The summed E-state index contributed by atoms with van der Waals surface area (Å²) in [6.07, 6.45) is 1.68. The lowest BCUT2D eigenvalue weighted by Gasteiger charge is -2.29. The number of thioether (sulfide) groups is 1. The Morgan fingerprint density at radius 3 is 1.96 bits per heavy atom. The predicted molar refractivity (Wildman–Crippen MR) is 102 cm³/mol. The summed E-state index contributed by atoms with van der Waals surface area (Å²) in [7, 11) is -2.58. The third-order valence-corrected chi connectivity index (χ3v) is 8.09. The van der Waals surface area contributed by atoms with Crippen molar-refractivity contribution in [2.75, 3.05) is 25.6 Å². The second-order valence-corrected chi connectivity index (χ2v) is 10.5. The first-order chi connectivity index (χ1) is 11.3. The summed E-state index contributed by atoms with van der Waals surface area (Å²) < 4.78 is 22.5. The largest absolute Gasteiger partial charge is 0.500 e. The summed E-state index contributed by atoms with van der Waals surface area (Å²) in [5.74, 6) is 0.690. The summed E-state index contributed by atoms with van der Waals surface area (Å²) in [5.41, 5.74) is 0. The van der Waals surface area contributed by atoms with Gasteiger partial charge in [0, 0.05) is 25.9 Å². The van der Waals surface area contributed by atoms with E-state index in [1.807, 2.05) is 48.5 Å². The van der Waals surface area contributed by atoms with Crippen molar-refractivity contribution >= 4 is 26.5 Å². The van der Waals surface area contributed by atoms with Crippen LogP contribution < -0.4 is 0 Å². The number of hydrogen-bond donors (Lipinski definition) is 0. The Morgan fingerprint density at radius 1 is 1.04 bits per heavy atom. The fourth-order valence-corrected chi connectivity index (χ4v) is 5.92. The van der Waals surface area contributed by atoms with Gasteiger partial charge in [-0.1, -0.05) is 6.92 Å². The van der Waals surface area contributed by atoms with Crippen molar-refractivity contribution in [3.05, 3.63) is 0 Å². The molecule has 7 heteroatoms. The first kappa shape index (κ1) is 23.9. The minimum atomic E-state index is -2.58. The topological polar surface area (TPSA) is 54.0 Å². The third kappa shape index (κ3) is 8.85. The van der Waals surface area contributed by atoms with E-state index in [0.717, 1.165) is 24.6 Å². The van der Waals surface area contributed by atoms with Crippen molar-refractivity contribution in [3.63, 3.8) is 0 Å². The Morgan fingerprint density at radius 2 is 1.54 bits per heavy atom. The van der Waals surface area contributed by atoms with E-state index >= 15 is 0 Å². The van der Waals surface area contributed by atoms with Crippen molar-refractivity contribution in [1.82, 2.24) is 0 Å². The Bertz CT molecular complexity index is 335. The van der Waals surface area contributed by atoms with Gasteiger partial charge in [0.15, 0.2) is 0 Å². The molecule has 0 saturated carbocycles. The number of carbonyl (C=O) groups excluding carboxylic acids is 1. The molecule has 0 aromatic heterocycles. The van der Waals surface area contributed by atoms with Crippen molar-refractivity contribution in [1.29, 1.82) is 0 Å². The van der Waals surface area contributed by atoms with E-state index < -0.39 is 13.6 Å². The standard InChI is InChI=1S/C17H36O5SSi/c1-8-15(5)22-16(18)17(6,7)23-13-12-14-24(19-9-2,20-10-3)21-11-4/h15H,8-14H2,1-7H3. The molecule has 0 saturated heterocycles. The molecule has 5 nitrogen and oxygen atoms in total. The Balaban J connectivity index is 4.47. The normalized spacial score (nSPS) is 13.8. The average Bonchev–Trinajstić information content (AvgIpc) is 2.52. The molecule has 0 radical (unpaired) electrons. The number of esters is 1. The van der Waals surface area contributed by atoms with Gasteiger partial charge in [-0.2, -0.15) is 0 Å². The van der Waals surface area contributed by atoms with E-state index in [-0.39, 0.29) is 12.1 Å². The quantitative estimate of drug-likeness (QED) is 0.255. The van der Waals surface area contributed by atoms with Crippen LogP contribution in [0.2, 0.25) is 6.04 Å². The molecule has 0 heterocycles. The average molecular weight is 381 g/mol. The molecule has 0 spiro atoms. The van der Waals surface area contributed by atoms with Crippen molar-refractivity contribution in [3.8, 4) is 0 Å². The highest BCUT2D eigenvalue weighted by atomic mass is 32.2. The number of hydrogen-bond acceptors (Lipinski definition) is 6. The van der Waals surface area contributed by atoms with Crippen LogP contribution in [-0.2, 0) is 22.8 Å². The highest BCUT2D eigenvalue weighted by Gasteiger charge is 2.40. The molecule has 0 aliphatic rings. The molecule has 0 aliphatic heterocycles. The molecule has 0 bridgehead atoms. The second-order valence-electron chi connectivity index (χ2n) is 6.07. The van der Waals surface area contributed by atoms with Gasteiger partial charge in [-0.25, -0.2) is 0 Å². The van der Waals surface area contributed by atoms with Crippen LogP contribution in [0.5, 0.6) is 0 Å². The van der Waals surface area contributed by atoms with Gasteiger partial charge in [-0.15, -0.1) is 11.8 Å². The maximum absolute atomic E-state index is 12.2. The molecule has 0 aromatic rings. The smallest absolute Gasteiger partial charge is 0.462 e. The van der Waals surface area contributed by atoms with Gasteiger partial charge in [-0.3, -0.25) is 4.79 Å². The van der Waals surface area contributed by atoms with Gasteiger partial charge in [0.05, 0.1) is 6.10 Å². The molecule has 24 heavy (non-hydrogen) atoms. The molecular weight excluding hydrogens is 344 g/mol. The predicted octanol–water partition coefficient (Wildman–Crippen LogP) is 4.28. The molecule has 0 rings (SSSR count). The van der Waals surface area contributed by atoms with E-state index in [0.29, 0.717) is 19.8 Å². The van der Waals surface area contributed by atoms with Crippen LogP contribution in [0.25, 0.3) is 0 Å². The van der Waals surface area contributed by atoms with E-state index in [2.05, 4.69) is 0 Å². The van der Waals surface area contributed by atoms with Crippen LogP contribution in [0, 0.1) is 0 Å². The van der Waals surface area contributed by atoms with Crippen LogP contribution >= 0.6 is 11.8 Å². The van der Waals surface area contributed by atoms with Gasteiger partial charge >= 0.3 is 14.8 Å². The number of rotatable bonds is 14. The Kier molecular flexibility index (Phi) is 12.3. The van der Waals surface area contributed by atoms with Gasteiger partial charge in [-0.05, 0) is 60.1 Å². The highest BCUT2D eigenvalue weighted by molar-refractivity contribution is 8.01. The van der Waals surface area contributed by atoms with Crippen LogP contribution in [0.15, 0.2) is 0 Å². The van der Waals surface area contributed by atoms with Crippen LogP contribution in [-0.4, -0.2) is 51.2 Å². The zero-order chi connectivity index (χ0) is 18.6. The van der Waals surface area contributed by atoms with Gasteiger partial charge in [0.1, 0.15) is 4.75 Å². The number of ether oxygens (including phenoxy) is 1. The van der Waals surface area contributed by atoms with Gasteiger partial charge < -0.3 is 18.0 Å². The van der Waals surface area contributed by atoms with E-state index in [1.165, 1.54) is 0 Å². The van der Waals surface area contributed by atoms with Crippen LogP contribution in [0.4, 0.5) is 0 Å². The van der Waals surface area contributed by atoms with Crippen molar-refractivity contribution in [2.45, 2.75) is 78.2 Å². The monoisotopic (exact) mass is 380 g/mol. The SMILES string of the molecule is CCO[Si](CCCSC(C)(C)C(=O)OC(C)CC)(OCC)OCC. The van der Waals surface area contributed by atoms with Gasteiger partial charge in [0.25, 0.3) is 0 Å². The molecule has 1 atom stereocenters. The first-order valence-corrected chi connectivity index (χ1v) is 12.0. The zero-order valence-corrected chi connectivity index (χ0v) is 18.3. The number of carbonyl (C=O) groups is 1. The van der Waals surface area contributed by atoms with Crippen LogP contribution in [0.1, 0.15) is 61.3 Å². The molecule has 0 aliphatic carbocycles. The van der Waals surface area contributed by atoms with E-state index in [4.69, 9.17) is 18.0 Å². The lowest BCUT2D eigenvalue weighted by Crippen LogP contribution is -2.46. The van der Waals surface area contributed by atoms with Crippen LogP contribution in [0.3, 0.4) is 0 Å². The first-order valence-electron chi connectivity index (χ1n) is 9.03. The van der Waals surface area contributed by atoms with E-state index in [1.54, 1.807) is 11.8 Å². The summed E-state index contributed by atoms with van der Waals surface area (Å²) >= 11 is 1.62. The Hall–Kier alpha value is -0.0831. The fourth-order valence-electron chi connectivity index (χ4n) is 2.08. The maximum atomic E-state index is 12.2. The summed E-state index contributed by atoms with van der Waals surface area (Å²) in [6, 6.07) is 0.770. The molecule has 1 unspecified atom stereocenters. The zero-order valence-electron chi connectivity index (χ0n) is 16.5. The summed E-state index contributed by atoms with van der Waals surface area (Å²) in [6.45, 7) is 15.4. The molecule has 0 aromatic carbocycles. The lowest BCUT2D eigenvalue weighted by molar-refractivity contribution is -0.150. The molecule has 0 amide bonds. The summed E-state index contributed by atoms with van der Waals surface area (Å²) in [4.78, 5) is 12.2. The maximum Gasteiger partial charge on any atom is 0.500 e. The highest BCUT2D eigenvalue weighted by Crippen LogP contribution is 2.29. The minimum Gasteiger partial charge on any atom is -0.462 e. The fraction of sp³-hybridized carbons (Fsp3) is 0.941. The van der Waals surface area contributed by atoms with Crippen molar-refractivity contribution < 1.29 is 22.8 Å². The molecular formula is C17H36O5SSi. The Labute approximate surface area is 153 Å². The molecule has 0 fully saturated rings. The minimum absolute atomic E-state index is 0.0358. The molecule has 144 valence electrons. The summed E-state index contributed by atoms with van der Waals surface area (Å²) in [5, 5.41) is 0. The second kappa shape index (κ2) is 12.3. The van der Waals surface area contributed by atoms with E-state index in [9.17, 15) is 4.79 Å². The van der Waals surface area contributed by atoms with Crippen molar-refractivity contribution in [2.24, 2.45) is 0 Å². The third-order valence-electron chi connectivity index (χ3n) is 3.56. The lowest BCUT2D eigenvalue weighted by atomic mass is 10.2. The van der Waals surface area contributed by atoms with Gasteiger partial charge in [0.2, 0.25) is 0 Å². The molecule has 0 N–H and O–H groups in total.